The highest BCUT2D eigenvalue weighted by atomic mass is 16.2. The van der Waals surface area contributed by atoms with E-state index < -0.39 is 0 Å². The van der Waals surface area contributed by atoms with Gasteiger partial charge in [-0.25, -0.2) is 9.78 Å². The lowest BCUT2D eigenvalue weighted by molar-refractivity contribution is 0.249. The number of aryl methyl sites for hydroxylation is 2. The first-order chi connectivity index (χ1) is 9.08. The number of pyridine rings is 1. The molecule has 2 heterocycles. The molecule has 2 aromatic heterocycles. The molecular weight excluding hydrogens is 242 g/mol. The van der Waals surface area contributed by atoms with Gasteiger partial charge < -0.3 is 5.32 Å². The Morgan fingerprint density at radius 1 is 1.37 bits per heavy atom. The van der Waals surface area contributed by atoms with Crippen molar-refractivity contribution in [3.63, 3.8) is 0 Å². The van der Waals surface area contributed by atoms with Crippen LogP contribution in [0, 0.1) is 13.8 Å². The van der Waals surface area contributed by atoms with Crippen LogP contribution in [0.25, 0.3) is 0 Å². The van der Waals surface area contributed by atoms with Crippen LogP contribution in [0.2, 0.25) is 0 Å². The van der Waals surface area contributed by atoms with Crippen LogP contribution >= 0.6 is 0 Å². The SMILES string of the molecule is Cc1n[nH]c(C)c1C(C)NC(=O)Nc1ccccn1. The van der Waals surface area contributed by atoms with Gasteiger partial charge in [0.15, 0.2) is 0 Å². The van der Waals surface area contributed by atoms with Gasteiger partial charge in [-0.05, 0) is 32.9 Å². The van der Waals surface area contributed by atoms with Crippen molar-refractivity contribution in [3.05, 3.63) is 41.3 Å². The number of nitrogens with zero attached hydrogens (tertiary/aromatic N) is 2. The number of nitrogens with one attached hydrogen (secondary N) is 3. The predicted octanol–water partition coefficient (Wildman–Crippen LogP) is 2.30. The lowest BCUT2D eigenvalue weighted by Gasteiger charge is -2.14. The van der Waals surface area contributed by atoms with E-state index in [-0.39, 0.29) is 12.1 Å². The minimum atomic E-state index is -0.286. The first-order valence-electron chi connectivity index (χ1n) is 6.08. The molecule has 1 atom stereocenters. The minimum absolute atomic E-state index is 0.123. The van der Waals surface area contributed by atoms with E-state index >= 15 is 0 Å². The molecule has 2 amide bonds. The van der Waals surface area contributed by atoms with Crippen LogP contribution in [0.1, 0.15) is 29.9 Å². The van der Waals surface area contributed by atoms with E-state index in [2.05, 4.69) is 25.8 Å². The molecular formula is C13H17N5O. The molecule has 100 valence electrons. The first-order valence-corrected chi connectivity index (χ1v) is 6.08. The highest BCUT2D eigenvalue weighted by molar-refractivity contribution is 5.88. The average molecular weight is 259 g/mol. The third kappa shape index (κ3) is 3.09. The van der Waals surface area contributed by atoms with Crippen molar-refractivity contribution >= 4 is 11.8 Å². The molecule has 2 aromatic rings. The summed E-state index contributed by atoms with van der Waals surface area (Å²) in [6.45, 7) is 5.76. The van der Waals surface area contributed by atoms with Gasteiger partial charge in [0.05, 0.1) is 11.7 Å². The number of rotatable bonds is 3. The van der Waals surface area contributed by atoms with E-state index in [0.29, 0.717) is 5.82 Å². The largest absolute Gasteiger partial charge is 0.331 e. The Hall–Kier alpha value is -2.37. The molecule has 19 heavy (non-hydrogen) atoms. The maximum Gasteiger partial charge on any atom is 0.320 e. The number of aromatic nitrogens is 3. The van der Waals surface area contributed by atoms with Crippen molar-refractivity contribution in [2.24, 2.45) is 0 Å². The highest BCUT2D eigenvalue weighted by Gasteiger charge is 2.16. The van der Waals surface area contributed by atoms with E-state index in [0.717, 1.165) is 17.0 Å². The molecule has 0 spiro atoms. The number of urea groups is 1. The monoisotopic (exact) mass is 259 g/mol. The Kier molecular flexibility index (Phi) is 3.79. The van der Waals surface area contributed by atoms with Gasteiger partial charge in [-0.2, -0.15) is 5.10 Å². The van der Waals surface area contributed by atoms with Crippen molar-refractivity contribution < 1.29 is 4.79 Å². The van der Waals surface area contributed by atoms with Crippen LogP contribution in [-0.2, 0) is 0 Å². The van der Waals surface area contributed by atoms with E-state index in [4.69, 9.17) is 0 Å². The van der Waals surface area contributed by atoms with Gasteiger partial charge in [0.1, 0.15) is 5.82 Å². The van der Waals surface area contributed by atoms with Gasteiger partial charge in [-0.15, -0.1) is 0 Å². The number of hydrogen-bond donors (Lipinski definition) is 3. The van der Waals surface area contributed by atoms with Gasteiger partial charge in [0.2, 0.25) is 0 Å². The second kappa shape index (κ2) is 5.51. The Morgan fingerprint density at radius 3 is 2.74 bits per heavy atom. The summed E-state index contributed by atoms with van der Waals surface area (Å²) in [5.74, 6) is 0.521. The van der Waals surface area contributed by atoms with Crippen LogP contribution in [-0.4, -0.2) is 21.2 Å². The molecule has 0 fully saturated rings. The van der Waals surface area contributed by atoms with E-state index in [1.807, 2.05) is 26.8 Å². The van der Waals surface area contributed by atoms with Crippen molar-refractivity contribution in [1.82, 2.24) is 20.5 Å². The summed E-state index contributed by atoms with van der Waals surface area (Å²) in [7, 11) is 0. The molecule has 0 bridgehead atoms. The maximum absolute atomic E-state index is 11.8. The third-order valence-corrected chi connectivity index (χ3v) is 2.87. The Morgan fingerprint density at radius 2 is 2.16 bits per heavy atom. The Labute approximate surface area is 111 Å². The third-order valence-electron chi connectivity index (χ3n) is 2.87. The normalized spacial score (nSPS) is 11.9. The van der Waals surface area contributed by atoms with Gasteiger partial charge >= 0.3 is 6.03 Å². The molecule has 2 rings (SSSR count). The highest BCUT2D eigenvalue weighted by Crippen LogP contribution is 2.18. The van der Waals surface area contributed by atoms with Gasteiger partial charge in [-0.1, -0.05) is 6.07 Å². The van der Waals surface area contributed by atoms with Crippen LogP contribution < -0.4 is 10.6 Å². The number of amides is 2. The topological polar surface area (TPSA) is 82.7 Å². The molecule has 0 saturated carbocycles. The van der Waals surface area contributed by atoms with Crippen molar-refractivity contribution in [1.29, 1.82) is 0 Å². The summed E-state index contributed by atoms with van der Waals surface area (Å²) in [6, 6.07) is 4.94. The van der Waals surface area contributed by atoms with Crippen molar-refractivity contribution in [2.45, 2.75) is 26.8 Å². The molecule has 0 aliphatic heterocycles. The average Bonchev–Trinajstić information content (AvgIpc) is 2.70. The second-order valence-electron chi connectivity index (χ2n) is 4.38. The number of carbonyl (C=O) groups is 1. The molecule has 0 aliphatic rings. The minimum Gasteiger partial charge on any atom is -0.331 e. The molecule has 3 N–H and O–H groups in total. The van der Waals surface area contributed by atoms with Crippen LogP contribution in [0.4, 0.5) is 10.6 Å². The van der Waals surface area contributed by atoms with Crippen molar-refractivity contribution in [3.8, 4) is 0 Å². The van der Waals surface area contributed by atoms with Gasteiger partial charge in [0.25, 0.3) is 0 Å². The van der Waals surface area contributed by atoms with Crippen LogP contribution in [0.5, 0.6) is 0 Å². The summed E-state index contributed by atoms with van der Waals surface area (Å²) in [4.78, 5) is 15.9. The smallest absolute Gasteiger partial charge is 0.320 e. The molecule has 6 heteroatoms. The molecule has 0 saturated heterocycles. The standard InChI is InChI=1S/C13H17N5O/c1-8(12-9(2)17-18-10(12)3)15-13(19)16-11-6-4-5-7-14-11/h4-8H,1-3H3,(H,17,18)(H2,14,15,16,19). The Bertz CT molecular complexity index is 544. The fourth-order valence-electron chi connectivity index (χ4n) is 2.06. The predicted molar refractivity (Wildman–Crippen MR) is 72.9 cm³/mol. The first kappa shape index (κ1) is 13.1. The van der Waals surface area contributed by atoms with Gasteiger partial charge in [0, 0.05) is 17.5 Å². The summed E-state index contributed by atoms with van der Waals surface area (Å²) in [5.41, 5.74) is 2.86. The molecule has 0 aromatic carbocycles. The number of carbonyl (C=O) groups excluding carboxylic acids is 1. The number of hydrogen-bond acceptors (Lipinski definition) is 3. The number of aromatic amines is 1. The van der Waals surface area contributed by atoms with Crippen molar-refractivity contribution in [2.75, 3.05) is 5.32 Å². The zero-order valence-corrected chi connectivity index (χ0v) is 11.2. The second-order valence-corrected chi connectivity index (χ2v) is 4.38. The Balaban J connectivity index is 2.00. The summed E-state index contributed by atoms with van der Waals surface area (Å²) >= 11 is 0. The molecule has 0 radical (unpaired) electrons. The maximum atomic E-state index is 11.8. The zero-order valence-electron chi connectivity index (χ0n) is 11.2. The molecule has 0 aliphatic carbocycles. The van der Waals surface area contributed by atoms with E-state index in [9.17, 15) is 4.79 Å². The zero-order chi connectivity index (χ0) is 13.8. The van der Waals surface area contributed by atoms with Gasteiger partial charge in [-0.3, -0.25) is 10.4 Å². The summed E-state index contributed by atoms with van der Waals surface area (Å²) in [5, 5.41) is 12.6. The fourth-order valence-corrected chi connectivity index (χ4v) is 2.06. The fraction of sp³-hybridized carbons (Fsp3) is 0.308. The number of H-pyrrole nitrogens is 1. The lowest BCUT2D eigenvalue weighted by Crippen LogP contribution is -2.31. The quantitative estimate of drug-likeness (QED) is 0.791. The van der Waals surface area contributed by atoms with E-state index in [1.54, 1.807) is 18.3 Å². The van der Waals surface area contributed by atoms with Crippen LogP contribution in [0.3, 0.4) is 0 Å². The molecule has 6 nitrogen and oxygen atoms in total. The number of anilines is 1. The van der Waals surface area contributed by atoms with Crippen LogP contribution in [0.15, 0.2) is 24.4 Å². The molecule has 1 unspecified atom stereocenters. The summed E-state index contributed by atoms with van der Waals surface area (Å²) in [6.07, 6.45) is 1.63. The summed E-state index contributed by atoms with van der Waals surface area (Å²) < 4.78 is 0. The van der Waals surface area contributed by atoms with E-state index in [1.165, 1.54) is 0 Å². The lowest BCUT2D eigenvalue weighted by atomic mass is 10.1.